The third-order valence-corrected chi connectivity index (χ3v) is 5.57. The highest BCUT2D eigenvalue weighted by Crippen LogP contribution is 2.40. The first-order valence-electron chi connectivity index (χ1n) is 10.4. The molecule has 162 valence electrons. The predicted octanol–water partition coefficient (Wildman–Crippen LogP) is 2.70. The highest BCUT2D eigenvalue weighted by Gasteiger charge is 2.47. The first kappa shape index (κ1) is 20.4. The highest BCUT2D eigenvalue weighted by atomic mass is 16.3. The molecule has 0 radical (unpaired) electrons. The molecule has 4 aromatic rings. The van der Waals surface area contributed by atoms with Gasteiger partial charge in [-0.15, -0.1) is 0 Å². The summed E-state index contributed by atoms with van der Waals surface area (Å²) < 4.78 is 2.81. The number of carbonyl (C=O) groups excluding carboxylic acids is 2. The van der Waals surface area contributed by atoms with Crippen LogP contribution in [0.2, 0.25) is 0 Å². The molecule has 2 amide bonds. The third kappa shape index (κ3) is 3.30. The van der Waals surface area contributed by atoms with Gasteiger partial charge in [-0.1, -0.05) is 48.5 Å². The van der Waals surface area contributed by atoms with Crippen molar-refractivity contribution in [3.63, 3.8) is 0 Å². The molecular weight excluding hydrogens is 416 g/mol. The standard InChI is InChI=1S/C26H20N4O3/c1-17-10-9-15-29(16-17)23-21(25(32)30(26(23)33)19-13-7-4-8-14-19)20-22(27-28(2)24(20)31)18-11-5-3-6-12-18/h3-16H,1-2H3. The number of pyridine rings is 1. The summed E-state index contributed by atoms with van der Waals surface area (Å²) in [5.41, 5.74) is 2.66. The maximum absolute atomic E-state index is 13.8. The van der Waals surface area contributed by atoms with Gasteiger partial charge in [0.25, 0.3) is 11.6 Å². The Balaban J connectivity index is 1.81. The second-order valence-corrected chi connectivity index (χ2v) is 7.81. The van der Waals surface area contributed by atoms with E-state index >= 15 is 0 Å². The summed E-state index contributed by atoms with van der Waals surface area (Å²) in [6.45, 7) is 1.89. The van der Waals surface area contributed by atoms with Crippen molar-refractivity contribution in [2.24, 2.45) is 7.05 Å². The Morgan fingerprint density at radius 3 is 2.21 bits per heavy atom. The Morgan fingerprint density at radius 2 is 1.55 bits per heavy atom. The van der Waals surface area contributed by atoms with Crippen LogP contribution in [0.15, 0.2) is 85.2 Å². The molecule has 0 saturated heterocycles. The van der Waals surface area contributed by atoms with Gasteiger partial charge in [0.2, 0.25) is 0 Å². The van der Waals surface area contributed by atoms with Crippen molar-refractivity contribution < 1.29 is 19.3 Å². The fraction of sp³-hybridized carbons (Fsp3) is 0.0769. The zero-order chi connectivity index (χ0) is 23.1. The molecule has 0 aliphatic carbocycles. The molecule has 1 aliphatic rings. The molecule has 0 unspecified atom stereocenters. The number of benzene rings is 2. The first-order valence-corrected chi connectivity index (χ1v) is 10.4. The molecule has 0 atom stereocenters. The maximum Gasteiger partial charge on any atom is 0.331 e. The maximum atomic E-state index is 13.8. The fourth-order valence-corrected chi connectivity index (χ4v) is 4.06. The van der Waals surface area contributed by atoms with E-state index < -0.39 is 17.7 Å². The van der Waals surface area contributed by atoms with Crippen LogP contribution in [-0.2, 0) is 16.6 Å². The van der Waals surface area contributed by atoms with Gasteiger partial charge in [0.15, 0.2) is 12.4 Å². The highest BCUT2D eigenvalue weighted by molar-refractivity contribution is 6.53. The Bertz CT molecular complexity index is 1420. The van der Waals surface area contributed by atoms with Gasteiger partial charge in [0.05, 0.1) is 11.4 Å². The number of hydrogen-bond acceptors (Lipinski definition) is 4. The lowest BCUT2D eigenvalue weighted by atomic mass is 10.00. The summed E-state index contributed by atoms with van der Waals surface area (Å²) in [7, 11) is 1.54. The normalized spacial score (nSPS) is 13.8. The van der Waals surface area contributed by atoms with Gasteiger partial charge in [-0.25, -0.2) is 4.90 Å². The van der Waals surface area contributed by atoms with Crippen LogP contribution < -0.4 is 14.6 Å². The molecule has 1 aliphatic heterocycles. The quantitative estimate of drug-likeness (QED) is 0.364. The van der Waals surface area contributed by atoms with Gasteiger partial charge in [-0.05, 0) is 31.0 Å². The van der Waals surface area contributed by atoms with Crippen molar-refractivity contribution in [2.75, 3.05) is 4.90 Å². The van der Waals surface area contributed by atoms with E-state index in [2.05, 4.69) is 5.10 Å². The van der Waals surface area contributed by atoms with E-state index in [0.717, 1.165) is 10.5 Å². The molecule has 0 bridgehead atoms. The lowest BCUT2D eigenvalue weighted by Crippen LogP contribution is -2.39. The van der Waals surface area contributed by atoms with E-state index in [-0.39, 0.29) is 16.8 Å². The number of nitrogens with zero attached hydrogens (tertiary/aromatic N) is 4. The second-order valence-electron chi connectivity index (χ2n) is 7.81. The number of para-hydroxylation sites is 1. The Kier molecular flexibility index (Phi) is 4.86. The second kappa shape index (κ2) is 7.87. The molecule has 5 rings (SSSR count). The van der Waals surface area contributed by atoms with Crippen molar-refractivity contribution in [1.29, 1.82) is 0 Å². The monoisotopic (exact) mass is 436 g/mol. The summed E-state index contributed by atoms with van der Waals surface area (Å²) in [5.74, 6) is -1.50. The van der Waals surface area contributed by atoms with Crippen LogP contribution in [0.3, 0.4) is 0 Å². The van der Waals surface area contributed by atoms with Crippen molar-refractivity contribution in [1.82, 2.24) is 9.78 Å². The Labute approximate surface area is 190 Å². The zero-order valence-electron chi connectivity index (χ0n) is 18.1. The van der Waals surface area contributed by atoms with Crippen LogP contribution in [0, 0.1) is 6.92 Å². The summed E-state index contributed by atoms with van der Waals surface area (Å²) in [6.07, 6.45) is 3.46. The number of rotatable bonds is 4. The average molecular weight is 436 g/mol. The summed E-state index contributed by atoms with van der Waals surface area (Å²) in [5, 5.41) is 17.7. The van der Waals surface area contributed by atoms with Gasteiger partial charge >= 0.3 is 5.91 Å². The smallest absolute Gasteiger partial charge is 0.331 e. The minimum absolute atomic E-state index is 0.0383. The molecule has 0 spiro atoms. The van der Waals surface area contributed by atoms with Gasteiger partial charge < -0.3 is 5.11 Å². The van der Waals surface area contributed by atoms with Crippen molar-refractivity contribution in [3.05, 3.63) is 96.3 Å². The minimum Gasteiger partial charge on any atom is -0.858 e. The molecule has 2 aromatic carbocycles. The van der Waals surface area contributed by atoms with E-state index in [1.165, 1.54) is 11.7 Å². The third-order valence-electron chi connectivity index (χ3n) is 5.57. The van der Waals surface area contributed by atoms with Crippen molar-refractivity contribution in [3.8, 4) is 17.1 Å². The van der Waals surface area contributed by atoms with E-state index in [9.17, 15) is 14.7 Å². The van der Waals surface area contributed by atoms with Crippen LogP contribution >= 0.6 is 0 Å². The number of aryl methyl sites for hydroxylation is 2. The number of imide groups is 1. The van der Waals surface area contributed by atoms with Crippen LogP contribution in [0.1, 0.15) is 11.1 Å². The van der Waals surface area contributed by atoms with Crippen LogP contribution in [0.4, 0.5) is 5.69 Å². The van der Waals surface area contributed by atoms with Crippen LogP contribution in [-0.4, -0.2) is 21.6 Å². The molecule has 7 nitrogen and oxygen atoms in total. The van der Waals surface area contributed by atoms with E-state index in [1.54, 1.807) is 47.3 Å². The zero-order valence-corrected chi connectivity index (χ0v) is 18.1. The number of carbonyl (C=O) groups is 2. The lowest BCUT2D eigenvalue weighted by Gasteiger charge is -2.15. The minimum atomic E-state index is -0.558. The van der Waals surface area contributed by atoms with E-state index in [0.29, 0.717) is 16.9 Å². The van der Waals surface area contributed by atoms with Crippen molar-refractivity contribution in [2.45, 2.75) is 6.92 Å². The molecule has 0 fully saturated rings. The molecule has 0 saturated carbocycles. The molecule has 33 heavy (non-hydrogen) atoms. The average Bonchev–Trinajstić information content (AvgIpc) is 3.26. The largest absolute Gasteiger partial charge is 0.858 e. The van der Waals surface area contributed by atoms with Crippen LogP contribution in [0.5, 0.6) is 5.88 Å². The Morgan fingerprint density at radius 1 is 0.879 bits per heavy atom. The number of aromatic nitrogens is 3. The van der Waals surface area contributed by atoms with Gasteiger partial charge in [-0.2, -0.15) is 9.67 Å². The lowest BCUT2D eigenvalue weighted by molar-refractivity contribution is -0.577. The Hall–Kier alpha value is -4.52. The topological polar surface area (TPSA) is 82.1 Å². The van der Waals surface area contributed by atoms with Crippen molar-refractivity contribution >= 4 is 28.8 Å². The number of hydrogen-bond donors (Lipinski definition) is 0. The van der Waals surface area contributed by atoms with Gasteiger partial charge in [0, 0.05) is 29.8 Å². The molecule has 3 heterocycles. The fourth-order valence-electron chi connectivity index (χ4n) is 4.06. The van der Waals surface area contributed by atoms with E-state index in [1.807, 2.05) is 49.4 Å². The van der Waals surface area contributed by atoms with E-state index in [4.69, 9.17) is 0 Å². The molecular formula is C26H20N4O3. The summed E-state index contributed by atoms with van der Waals surface area (Å²) in [6, 6.07) is 21.6. The van der Waals surface area contributed by atoms with Crippen LogP contribution in [0.25, 0.3) is 22.5 Å². The molecule has 2 aromatic heterocycles. The van der Waals surface area contributed by atoms with Gasteiger partial charge in [-0.3, -0.25) is 14.3 Å². The molecule has 0 N–H and O–H groups in total. The molecule has 7 heteroatoms. The number of amides is 2. The summed E-state index contributed by atoms with van der Waals surface area (Å²) >= 11 is 0. The predicted molar refractivity (Wildman–Crippen MR) is 122 cm³/mol. The summed E-state index contributed by atoms with van der Waals surface area (Å²) in [4.78, 5) is 28.6. The van der Waals surface area contributed by atoms with Gasteiger partial charge in [0.1, 0.15) is 5.57 Å². The first-order chi connectivity index (χ1) is 16.0. The number of anilines is 1. The SMILES string of the molecule is Cc1ccc[n+](C2=C(c3c(-c4ccccc4)nn(C)c3[O-])C(=O)N(c3ccccc3)C2=O)c1.